The van der Waals surface area contributed by atoms with Crippen LogP contribution >= 0.6 is 6.46 Å². The molecular formula is C6H13PS. The van der Waals surface area contributed by atoms with Crippen LogP contribution in [0.1, 0.15) is 19.8 Å². The van der Waals surface area contributed by atoms with E-state index in [1.807, 2.05) is 0 Å². The molecule has 2 atom stereocenters. The second-order valence-electron chi connectivity index (χ2n) is 2.89. The molecule has 2 heteroatoms. The zero-order valence-corrected chi connectivity index (χ0v) is 7.27. The van der Waals surface area contributed by atoms with E-state index in [0.717, 1.165) is 5.66 Å². The topological polar surface area (TPSA) is 0 Å². The Hall–Kier alpha value is 0.780. The highest BCUT2D eigenvalue weighted by Crippen LogP contribution is 2.63. The van der Waals surface area contributed by atoms with Gasteiger partial charge in [-0.25, -0.2) is 0 Å². The molecule has 48 valence electrons. The van der Waals surface area contributed by atoms with Crippen molar-refractivity contribution in [3.8, 4) is 0 Å². The normalized spacial score (nSPS) is 47.6. The first-order valence-corrected chi connectivity index (χ1v) is 6.69. The van der Waals surface area contributed by atoms with E-state index in [1.54, 1.807) is 0 Å². The van der Waals surface area contributed by atoms with Gasteiger partial charge in [-0.05, 0) is 19.8 Å². The molecule has 8 heavy (non-hydrogen) atoms. The molecule has 1 saturated heterocycles. The lowest BCUT2D eigenvalue weighted by molar-refractivity contribution is 0.835. The Kier molecular flexibility index (Phi) is 1.89. The molecule has 0 saturated carbocycles. The zero-order valence-electron chi connectivity index (χ0n) is 5.55. The maximum atomic E-state index is 5.44. The average Bonchev–Trinajstić information content (AvgIpc) is 1.86. The maximum absolute atomic E-state index is 5.44. The van der Waals surface area contributed by atoms with Gasteiger partial charge in [0.25, 0.3) is 0 Å². The summed E-state index contributed by atoms with van der Waals surface area (Å²) in [6, 6.07) is 0. The molecule has 0 aromatic heterocycles. The lowest BCUT2D eigenvalue weighted by Crippen LogP contribution is -1.98. The van der Waals surface area contributed by atoms with Gasteiger partial charge in [0.15, 0.2) is 0 Å². The van der Waals surface area contributed by atoms with Crippen molar-refractivity contribution in [1.82, 2.24) is 0 Å². The predicted molar refractivity (Wildman–Crippen MR) is 43.8 cm³/mol. The van der Waals surface area contributed by atoms with Gasteiger partial charge in [-0.15, -0.1) is 6.46 Å². The second kappa shape index (κ2) is 2.19. The fourth-order valence-corrected chi connectivity index (χ4v) is 3.88. The molecule has 0 aromatic rings. The zero-order chi connectivity index (χ0) is 6.20. The van der Waals surface area contributed by atoms with Crippen molar-refractivity contribution in [2.75, 3.05) is 12.8 Å². The summed E-state index contributed by atoms with van der Waals surface area (Å²) in [7, 11) is 0. The van der Waals surface area contributed by atoms with Gasteiger partial charge in [-0.3, -0.25) is 0 Å². The summed E-state index contributed by atoms with van der Waals surface area (Å²) in [5.74, 6) is 0. The number of hydrogen-bond acceptors (Lipinski definition) is 1. The minimum absolute atomic E-state index is 0.801. The van der Waals surface area contributed by atoms with Crippen LogP contribution in [0.2, 0.25) is 0 Å². The smallest absolute Gasteiger partial charge is 0.0473 e. The molecule has 0 amide bonds. The molecule has 1 aliphatic heterocycles. The molecule has 0 N–H and O–H groups in total. The van der Waals surface area contributed by atoms with E-state index in [1.165, 1.54) is 19.0 Å². The molecule has 1 aliphatic rings. The minimum atomic E-state index is -0.801. The van der Waals surface area contributed by atoms with Crippen LogP contribution in [0.25, 0.3) is 0 Å². The Morgan fingerprint density at radius 1 is 1.62 bits per heavy atom. The lowest BCUT2D eigenvalue weighted by Gasteiger charge is -2.27. The molecular weight excluding hydrogens is 135 g/mol. The van der Waals surface area contributed by atoms with Crippen molar-refractivity contribution in [1.29, 1.82) is 0 Å². The van der Waals surface area contributed by atoms with Crippen molar-refractivity contribution in [3.63, 3.8) is 0 Å². The Bertz CT molecular complexity index is 90.5. The summed E-state index contributed by atoms with van der Waals surface area (Å²) < 4.78 is 0. The molecule has 0 bridgehead atoms. The quantitative estimate of drug-likeness (QED) is 0.375. The van der Waals surface area contributed by atoms with E-state index in [9.17, 15) is 0 Å². The van der Waals surface area contributed by atoms with Gasteiger partial charge >= 0.3 is 0 Å². The highest BCUT2D eigenvalue weighted by Gasteiger charge is 2.30. The van der Waals surface area contributed by atoms with Crippen LogP contribution in [0.15, 0.2) is 0 Å². The van der Waals surface area contributed by atoms with Gasteiger partial charge in [-0.1, -0.05) is 0 Å². The van der Waals surface area contributed by atoms with Crippen LogP contribution in [0, 0.1) is 0 Å². The third kappa shape index (κ3) is 1.19. The summed E-state index contributed by atoms with van der Waals surface area (Å²) in [5, 5.41) is 0. The second-order valence-corrected chi connectivity index (χ2v) is 9.07. The first-order valence-electron chi connectivity index (χ1n) is 3.19. The van der Waals surface area contributed by atoms with E-state index in [0.29, 0.717) is 0 Å². The Morgan fingerprint density at radius 3 is 2.38 bits per heavy atom. The molecule has 0 radical (unpaired) electrons. The molecule has 1 rings (SSSR count). The summed E-state index contributed by atoms with van der Waals surface area (Å²) >= 11 is 5.44. The van der Waals surface area contributed by atoms with Crippen molar-refractivity contribution < 1.29 is 0 Å². The van der Waals surface area contributed by atoms with Gasteiger partial charge in [0.05, 0.1) is 0 Å². The monoisotopic (exact) mass is 148 g/mol. The van der Waals surface area contributed by atoms with Gasteiger partial charge in [-0.2, -0.15) is 0 Å². The van der Waals surface area contributed by atoms with E-state index < -0.39 is 6.46 Å². The number of hydrogen-bond donors (Lipinski definition) is 0. The lowest BCUT2D eigenvalue weighted by atomic mass is 10.3. The Balaban J connectivity index is 2.54. The molecule has 0 aromatic carbocycles. The third-order valence-corrected chi connectivity index (χ3v) is 7.11. The first kappa shape index (κ1) is 6.89. The van der Waals surface area contributed by atoms with Crippen molar-refractivity contribution in [2.24, 2.45) is 0 Å². The molecule has 1 unspecified atom stereocenters. The SMILES string of the molecule is C[C@H]1CCC[P+]1(C)[S-]. The average molecular weight is 148 g/mol. The van der Waals surface area contributed by atoms with Crippen LogP contribution in [-0.4, -0.2) is 18.5 Å². The highest BCUT2D eigenvalue weighted by molar-refractivity contribution is 8.42. The van der Waals surface area contributed by atoms with Gasteiger partial charge < -0.3 is 12.2 Å². The van der Waals surface area contributed by atoms with Gasteiger partial charge in [0, 0.05) is 18.5 Å². The van der Waals surface area contributed by atoms with E-state index in [-0.39, 0.29) is 0 Å². The highest BCUT2D eigenvalue weighted by atomic mass is 32.7. The van der Waals surface area contributed by atoms with Crippen molar-refractivity contribution in [2.45, 2.75) is 25.4 Å². The minimum Gasteiger partial charge on any atom is -0.556 e. The summed E-state index contributed by atoms with van der Waals surface area (Å²) in [6.07, 6.45) is 4.16. The van der Waals surface area contributed by atoms with Crippen LogP contribution in [-0.2, 0) is 12.2 Å². The molecule has 0 spiro atoms. The number of rotatable bonds is 0. The summed E-state index contributed by atoms with van der Waals surface area (Å²) in [5.41, 5.74) is 0.887. The summed E-state index contributed by atoms with van der Waals surface area (Å²) in [4.78, 5) is 0. The van der Waals surface area contributed by atoms with Gasteiger partial charge in [0.1, 0.15) is 0 Å². The first-order chi connectivity index (χ1) is 3.63. The maximum Gasteiger partial charge on any atom is 0.0473 e. The fraction of sp³-hybridized carbons (Fsp3) is 1.00. The third-order valence-electron chi connectivity index (χ3n) is 2.16. The Labute approximate surface area is 57.5 Å². The van der Waals surface area contributed by atoms with E-state index in [4.69, 9.17) is 12.2 Å². The largest absolute Gasteiger partial charge is 0.556 e. The molecule has 0 nitrogen and oxygen atoms in total. The van der Waals surface area contributed by atoms with E-state index in [2.05, 4.69) is 13.6 Å². The standard InChI is InChI=1S/C6H13PS/c1-6-4-3-5-7(6,2)8/h6H,3-5H2,1-2H3/t6-,7?/m0/s1. The van der Waals surface area contributed by atoms with E-state index >= 15 is 0 Å². The molecule has 1 fully saturated rings. The van der Waals surface area contributed by atoms with Crippen LogP contribution in [0.3, 0.4) is 0 Å². The predicted octanol–water partition coefficient (Wildman–Crippen LogP) is 2.28. The van der Waals surface area contributed by atoms with Crippen LogP contribution in [0.4, 0.5) is 0 Å². The van der Waals surface area contributed by atoms with Crippen LogP contribution < -0.4 is 0 Å². The fourth-order valence-electron chi connectivity index (χ4n) is 1.19. The summed E-state index contributed by atoms with van der Waals surface area (Å²) in [6.45, 7) is 3.82. The van der Waals surface area contributed by atoms with Crippen LogP contribution in [0.5, 0.6) is 0 Å². The molecule has 1 heterocycles. The van der Waals surface area contributed by atoms with Gasteiger partial charge in [0.2, 0.25) is 0 Å². The van der Waals surface area contributed by atoms with Crippen molar-refractivity contribution in [3.05, 3.63) is 0 Å². The Morgan fingerprint density at radius 2 is 2.25 bits per heavy atom. The van der Waals surface area contributed by atoms with Crippen molar-refractivity contribution >= 4 is 18.7 Å². The molecule has 0 aliphatic carbocycles.